The van der Waals surface area contributed by atoms with Crippen LogP contribution in [0.25, 0.3) is 0 Å². The number of nitrogens with zero attached hydrogens (tertiary/aromatic N) is 3. The van der Waals surface area contributed by atoms with Crippen LogP contribution in [0.15, 0.2) is 18.2 Å². The van der Waals surface area contributed by atoms with E-state index in [4.69, 9.17) is 4.74 Å². The van der Waals surface area contributed by atoms with Gasteiger partial charge in [0.2, 0.25) is 23.6 Å². The molecule has 11 heteroatoms. The first-order valence-electron chi connectivity index (χ1n) is 16.0. The van der Waals surface area contributed by atoms with Gasteiger partial charge in [-0.2, -0.15) is 0 Å². The second-order valence-electron chi connectivity index (χ2n) is 13.6. The Morgan fingerprint density at radius 2 is 1.70 bits per heavy atom. The average Bonchev–Trinajstić information content (AvgIpc) is 3.27. The van der Waals surface area contributed by atoms with Gasteiger partial charge >= 0.3 is 0 Å². The summed E-state index contributed by atoms with van der Waals surface area (Å²) in [6, 6.07) is 5.29. The number of rotatable bonds is 6. The molecule has 2 saturated carbocycles. The Morgan fingerprint density at radius 1 is 0.953 bits per heavy atom. The van der Waals surface area contributed by atoms with Crippen LogP contribution in [-0.4, -0.2) is 88.6 Å². The molecule has 3 atom stereocenters. The number of amides is 4. The maximum atomic E-state index is 13.2. The summed E-state index contributed by atoms with van der Waals surface area (Å²) < 4.78 is 33.0. The highest BCUT2D eigenvalue weighted by atomic mass is 19.3. The number of halogens is 2. The summed E-state index contributed by atoms with van der Waals surface area (Å²) in [4.78, 5) is 55.5. The molecule has 9 nitrogen and oxygen atoms in total. The average molecular weight is 599 g/mol. The van der Waals surface area contributed by atoms with Crippen molar-refractivity contribution in [2.75, 3.05) is 26.2 Å². The van der Waals surface area contributed by atoms with Gasteiger partial charge in [-0.3, -0.25) is 29.4 Å². The molecular weight excluding hydrogens is 558 g/mol. The van der Waals surface area contributed by atoms with Crippen molar-refractivity contribution in [3.8, 4) is 5.75 Å². The first kappa shape index (κ1) is 28.7. The third-order valence-corrected chi connectivity index (χ3v) is 10.8. The molecule has 1 N–H and O–H groups in total. The molecule has 4 aliphatic heterocycles. The molecule has 4 amide bonds. The minimum absolute atomic E-state index is 0.0659. The van der Waals surface area contributed by atoms with Gasteiger partial charge in [-0.15, -0.1) is 0 Å². The second kappa shape index (κ2) is 11.1. The molecule has 6 aliphatic rings. The highest BCUT2D eigenvalue weighted by Crippen LogP contribution is 2.44. The van der Waals surface area contributed by atoms with Gasteiger partial charge in [-0.1, -0.05) is 6.42 Å². The molecule has 0 bridgehead atoms. The Bertz CT molecular complexity index is 1300. The lowest BCUT2D eigenvalue weighted by Crippen LogP contribution is -2.60. The molecule has 1 aromatic rings. The zero-order chi connectivity index (χ0) is 29.9. The zero-order valence-electron chi connectivity index (χ0n) is 24.4. The maximum Gasteiger partial charge on any atom is 0.255 e. The quantitative estimate of drug-likeness (QED) is 0.505. The monoisotopic (exact) mass is 598 g/mol. The molecule has 5 fully saturated rings. The van der Waals surface area contributed by atoms with E-state index in [2.05, 4.69) is 10.2 Å². The van der Waals surface area contributed by atoms with E-state index in [-0.39, 0.29) is 43.1 Å². The molecule has 3 saturated heterocycles. The standard InChI is InChI=1S/C32H40F2N4O5/c33-32(34)14-21(15-32)30(41)36-11-9-19(10-12-36)22-16-37(17-22)25-3-1-2-4-27(25)43-23-5-6-24-20(13-23)18-38(31(24)42)26-7-8-28(39)35-29(26)40/h5-6,13,19,21-22,25-27H,1-4,7-12,14-18H2,(H,35,39,40)/t25-,26?,27-/m0/s1. The van der Waals surface area contributed by atoms with Crippen molar-refractivity contribution in [3.63, 3.8) is 0 Å². The lowest BCUT2D eigenvalue weighted by molar-refractivity contribution is -0.161. The SMILES string of the molecule is O=C1CCC(N2Cc3cc(O[C@H]4CCCC[C@@H]4N4CC(C5CCN(C(=O)C6CC(F)(F)C6)CC5)C4)ccc3C2=O)C(=O)N1. The van der Waals surface area contributed by atoms with Gasteiger partial charge in [-0.05, 0) is 74.1 Å². The van der Waals surface area contributed by atoms with Crippen LogP contribution in [0.4, 0.5) is 8.78 Å². The van der Waals surface area contributed by atoms with Crippen molar-refractivity contribution < 1.29 is 32.7 Å². The summed E-state index contributed by atoms with van der Waals surface area (Å²) in [7, 11) is 0. The Morgan fingerprint density at radius 3 is 2.42 bits per heavy atom. The van der Waals surface area contributed by atoms with Gasteiger partial charge in [0.25, 0.3) is 5.91 Å². The summed E-state index contributed by atoms with van der Waals surface area (Å²) in [6.07, 6.45) is 6.29. The topological polar surface area (TPSA) is 99.3 Å². The number of benzene rings is 1. The van der Waals surface area contributed by atoms with Crippen LogP contribution in [0, 0.1) is 17.8 Å². The van der Waals surface area contributed by atoms with Gasteiger partial charge in [0.15, 0.2) is 0 Å². The van der Waals surface area contributed by atoms with E-state index >= 15 is 0 Å². The highest BCUT2D eigenvalue weighted by Gasteiger charge is 2.50. The first-order valence-corrected chi connectivity index (χ1v) is 16.0. The number of likely N-dealkylation sites (tertiary alicyclic amines) is 2. The number of fused-ring (bicyclic) bond motifs is 1. The highest BCUT2D eigenvalue weighted by molar-refractivity contribution is 6.05. The Labute approximate surface area is 250 Å². The number of alkyl halides is 2. The van der Waals surface area contributed by atoms with Crippen LogP contribution in [0.5, 0.6) is 5.75 Å². The van der Waals surface area contributed by atoms with Crippen molar-refractivity contribution in [1.29, 1.82) is 0 Å². The van der Waals surface area contributed by atoms with Crippen LogP contribution >= 0.6 is 0 Å². The van der Waals surface area contributed by atoms with E-state index in [1.807, 2.05) is 17.0 Å². The third kappa shape index (κ3) is 5.53. The normalized spacial score (nSPS) is 30.5. The summed E-state index contributed by atoms with van der Waals surface area (Å²) in [5, 5.41) is 2.35. The molecule has 2 aliphatic carbocycles. The Balaban J connectivity index is 0.917. The van der Waals surface area contributed by atoms with Gasteiger partial charge < -0.3 is 14.5 Å². The van der Waals surface area contributed by atoms with E-state index in [1.165, 1.54) is 6.42 Å². The number of ether oxygens (including phenoxy) is 1. The predicted octanol–water partition coefficient (Wildman–Crippen LogP) is 3.35. The van der Waals surface area contributed by atoms with Gasteiger partial charge in [0.05, 0.1) is 0 Å². The predicted molar refractivity (Wildman–Crippen MR) is 151 cm³/mol. The van der Waals surface area contributed by atoms with Crippen molar-refractivity contribution in [2.24, 2.45) is 17.8 Å². The molecule has 0 radical (unpaired) electrons. The number of hydrogen-bond acceptors (Lipinski definition) is 6. The first-order chi connectivity index (χ1) is 20.6. The van der Waals surface area contributed by atoms with Crippen molar-refractivity contribution in [1.82, 2.24) is 20.0 Å². The van der Waals surface area contributed by atoms with E-state index in [9.17, 15) is 28.0 Å². The largest absolute Gasteiger partial charge is 0.489 e. The van der Waals surface area contributed by atoms with Crippen molar-refractivity contribution >= 4 is 23.6 Å². The summed E-state index contributed by atoms with van der Waals surface area (Å²) in [5.41, 5.74) is 1.43. The third-order valence-electron chi connectivity index (χ3n) is 10.8. The van der Waals surface area contributed by atoms with Crippen LogP contribution in [0.2, 0.25) is 0 Å². The summed E-state index contributed by atoms with van der Waals surface area (Å²) in [5.74, 6) is -2.23. The molecule has 232 valence electrons. The van der Waals surface area contributed by atoms with Crippen LogP contribution in [0.3, 0.4) is 0 Å². The summed E-state index contributed by atoms with van der Waals surface area (Å²) in [6.45, 7) is 3.74. The van der Waals surface area contributed by atoms with E-state index < -0.39 is 23.8 Å². The fourth-order valence-electron chi connectivity index (χ4n) is 8.23. The van der Waals surface area contributed by atoms with Gasteiger partial charge in [-0.25, -0.2) is 8.78 Å². The van der Waals surface area contributed by atoms with Crippen LogP contribution in [-0.2, 0) is 20.9 Å². The fourth-order valence-corrected chi connectivity index (χ4v) is 8.23. The molecule has 43 heavy (non-hydrogen) atoms. The molecule has 1 unspecified atom stereocenters. The van der Waals surface area contributed by atoms with Gasteiger partial charge in [0, 0.05) is 69.5 Å². The number of hydrogen-bond donors (Lipinski definition) is 1. The van der Waals surface area contributed by atoms with Crippen molar-refractivity contribution in [3.05, 3.63) is 29.3 Å². The molecule has 7 rings (SSSR count). The number of carbonyl (C=O) groups excluding carboxylic acids is 4. The molecular formula is C32H40F2N4O5. The zero-order valence-corrected chi connectivity index (χ0v) is 24.4. The molecule has 0 spiro atoms. The number of piperidine rings is 2. The molecule has 1 aromatic carbocycles. The number of imide groups is 1. The Kier molecular flexibility index (Phi) is 7.42. The van der Waals surface area contributed by atoms with Crippen LogP contribution in [0.1, 0.15) is 80.1 Å². The lowest BCUT2D eigenvalue weighted by atomic mass is 9.76. The summed E-state index contributed by atoms with van der Waals surface area (Å²) >= 11 is 0. The Hall–Kier alpha value is -3.08. The second-order valence-corrected chi connectivity index (χ2v) is 13.6. The lowest BCUT2D eigenvalue weighted by Gasteiger charge is -2.52. The number of nitrogens with one attached hydrogen (secondary N) is 1. The minimum atomic E-state index is -2.66. The maximum absolute atomic E-state index is 13.2. The smallest absolute Gasteiger partial charge is 0.255 e. The van der Waals surface area contributed by atoms with Crippen molar-refractivity contribution in [2.45, 2.75) is 94.9 Å². The minimum Gasteiger partial charge on any atom is -0.489 e. The molecule has 4 heterocycles. The van der Waals surface area contributed by atoms with E-state index in [1.54, 1.807) is 11.0 Å². The van der Waals surface area contributed by atoms with E-state index in [0.29, 0.717) is 49.5 Å². The number of carbonyl (C=O) groups is 4. The van der Waals surface area contributed by atoms with E-state index in [0.717, 1.165) is 56.5 Å². The molecule has 0 aromatic heterocycles. The van der Waals surface area contributed by atoms with Gasteiger partial charge in [0.1, 0.15) is 17.9 Å². The fraction of sp³-hybridized carbons (Fsp3) is 0.688. The van der Waals surface area contributed by atoms with Crippen LogP contribution < -0.4 is 10.1 Å².